The predicted octanol–water partition coefficient (Wildman–Crippen LogP) is -0.846. The van der Waals surface area contributed by atoms with Gasteiger partial charge >= 0.3 is 0 Å². The molecule has 0 N–H and O–H groups in total. The highest BCUT2D eigenvalue weighted by Gasteiger charge is 2.31. The molecule has 0 atom stereocenters. The van der Waals surface area contributed by atoms with Crippen molar-refractivity contribution in [1.82, 2.24) is 24.8 Å². The molecule has 0 radical (unpaired) electrons. The topological polar surface area (TPSA) is 80.6 Å². The summed E-state index contributed by atoms with van der Waals surface area (Å²) in [4.78, 5) is 26.8. The first kappa shape index (κ1) is 13.0. The van der Waals surface area contributed by atoms with Crippen LogP contribution in [0.4, 0.5) is 0 Å². The number of carbonyl (C=O) groups excluding carboxylic acids is 2. The van der Waals surface area contributed by atoms with Crippen molar-refractivity contribution in [1.29, 1.82) is 0 Å². The van der Waals surface area contributed by atoms with Crippen LogP contribution in [-0.2, 0) is 9.53 Å². The van der Waals surface area contributed by atoms with Gasteiger partial charge in [-0.1, -0.05) is 5.21 Å². The molecule has 3 rings (SSSR count). The van der Waals surface area contributed by atoms with E-state index in [2.05, 4.69) is 10.3 Å². The Morgan fingerprint density at radius 2 is 1.95 bits per heavy atom. The fourth-order valence-corrected chi connectivity index (χ4v) is 2.36. The molecular formula is C12H17N5O3. The van der Waals surface area contributed by atoms with Crippen molar-refractivity contribution in [2.24, 2.45) is 0 Å². The van der Waals surface area contributed by atoms with Crippen LogP contribution in [0.5, 0.6) is 0 Å². The fraction of sp³-hybridized carbons (Fsp3) is 0.667. The summed E-state index contributed by atoms with van der Waals surface area (Å²) in [5.41, 5.74) is 0.355. The number of rotatable bonds is 2. The molecule has 0 aromatic carbocycles. The maximum atomic E-state index is 12.2. The van der Waals surface area contributed by atoms with Crippen LogP contribution in [0.3, 0.4) is 0 Å². The van der Waals surface area contributed by atoms with Crippen LogP contribution in [0.15, 0.2) is 6.20 Å². The molecule has 2 fully saturated rings. The molecule has 8 nitrogen and oxygen atoms in total. The third kappa shape index (κ3) is 2.38. The molecule has 8 heteroatoms. The maximum absolute atomic E-state index is 12.2. The van der Waals surface area contributed by atoms with Crippen molar-refractivity contribution >= 4 is 11.8 Å². The lowest BCUT2D eigenvalue weighted by Gasteiger charge is -2.38. The number of hydrogen-bond acceptors (Lipinski definition) is 5. The summed E-state index contributed by atoms with van der Waals surface area (Å²) < 4.78 is 6.89. The summed E-state index contributed by atoms with van der Waals surface area (Å²) in [7, 11) is 0. The summed E-state index contributed by atoms with van der Waals surface area (Å²) in [6.07, 6.45) is 1.67. The third-order valence-corrected chi connectivity index (χ3v) is 3.71. The Bertz CT molecular complexity index is 517. The van der Waals surface area contributed by atoms with E-state index < -0.39 is 0 Å². The van der Waals surface area contributed by atoms with Crippen molar-refractivity contribution in [2.45, 2.75) is 13.0 Å². The predicted molar refractivity (Wildman–Crippen MR) is 68.0 cm³/mol. The van der Waals surface area contributed by atoms with E-state index in [1.165, 1.54) is 0 Å². The molecule has 2 aliphatic rings. The summed E-state index contributed by atoms with van der Waals surface area (Å²) in [6.45, 7) is 5.12. The number of ether oxygens (including phenoxy) is 1. The zero-order valence-corrected chi connectivity index (χ0v) is 11.4. The van der Waals surface area contributed by atoms with E-state index in [1.807, 2.05) is 0 Å². The van der Waals surface area contributed by atoms with Crippen LogP contribution in [0.25, 0.3) is 0 Å². The maximum Gasteiger partial charge on any atom is 0.276 e. The lowest BCUT2D eigenvalue weighted by atomic mass is 10.1. The highest BCUT2D eigenvalue weighted by atomic mass is 16.5. The average Bonchev–Trinajstić information content (AvgIpc) is 2.86. The number of hydrogen-bond donors (Lipinski definition) is 0. The van der Waals surface area contributed by atoms with Gasteiger partial charge in [-0.25, -0.2) is 4.68 Å². The largest absolute Gasteiger partial charge is 0.378 e. The minimum atomic E-state index is -0.109. The van der Waals surface area contributed by atoms with Crippen molar-refractivity contribution in [3.05, 3.63) is 11.9 Å². The zero-order valence-electron chi connectivity index (χ0n) is 11.4. The van der Waals surface area contributed by atoms with Crippen molar-refractivity contribution in [3.8, 4) is 0 Å². The summed E-state index contributed by atoms with van der Waals surface area (Å²) in [6, 6.07) is 0.123. The van der Waals surface area contributed by atoms with Gasteiger partial charge in [-0.15, -0.1) is 5.10 Å². The normalized spacial score (nSPS) is 19.9. The molecule has 3 heterocycles. The van der Waals surface area contributed by atoms with Gasteiger partial charge in [0.25, 0.3) is 5.91 Å². The quantitative estimate of drug-likeness (QED) is 0.704. The molecule has 2 amide bonds. The molecular weight excluding hydrogens is 262 g/mol. The van der Waals surface area contributed by atoms with E-state index in [0.29, 0.717) is 45.1 Å². The molecule has 108 valence electrons. The van der Waals surface area contributed by atoms with Crippen molar-refractivity contribution in [2.75, 3.05) is 39.4 Å². The highest BCUT2D eigenvalue weighted by Crippen LogP contribution is 2.20. The molecule has 1 aromatic heterocycles. The van der Waals surface area contributed by atoms with Crippen LogP contribution in [0, 0.1) is 0 Å². The minimum absolute atomic E-state index is 0.0611. The lowest BCUT2D eigenvalue weighted by molar-refractivity contribution is -0.134. The van der Waals surface area contributed by atoms with Crippen molar-refractivity contribution < 1.29 is 14.3 Å². The van der Waals surface area contributed by atoms with E-state index >= 15 is 0 Å². The number of likely N-dealkylation sites (tertiary alicyclic amines) is 1. The Hall–Kier alpha value is -1.96. The molecule has 2 aliphatic heterocycles. The van der Waals surface area contributed by atoms with Gasteiger partial charge in [-0.3, -0.25) is 9.59 Å². The molecule has 0 aliphatic carbocycles. The second-order valence-corrected chi connectivity index (χ2v) is 5.07. The second kappa shape index (κ2) is 5.20. The first-order chi connectivity index (χ1) is 9.65. The summed E-state index contributed by atoms with van der Waals surface area (Å²) in [5, 5.41) is 7.94. The molecule has 2 saturated heterocycles. The Labute approximate surface area is 116 Å². The molecule has 0 saturated carbocycles. The van der Waals surface area contributed by atoms with E-state index in [0.717, 1.165) is 0 Å². The van der Waals surface area contributed by atoms with Gasteiger partial charge in [0.15, 0.2) is 5.69 Å². The number of amides is 2. The number of nitrogens with zero attached hydrogens (tertiary/aromatic N) is 5. The lowest BCUT2D eigenvalue weighted by Crippen LogP contribution is -2.50. The SMILES string of the molecule is CC(=O)N1CC(n2cc(C(=O)N3CCOCC3)nn2)C1. The molecule has 20 heavy (non-hydrogen) atoms. The first-order valence-corrected chi connectivity index (χ1v) is 6.69. The Morgan fingerprint density at radius 3 is 2.60 bits per heavy atom. The minimum Gasteiger partial charge on any atom is -0.378 e. The van der Waals surface area contributed by atoms with Gasteiger partial charge in [-0.2, -0.15) is 0 Å². The number of carbonyl (C=O) groups is 2. The number of aromatic nitrogens is 3. The van der Waals surface area contributed by atoms with Crippen molar-refractivity contribution in [3.63, 3.8) is 0 Å². The monoisotopic (exact) mass is 279 g/mol. The van der Waals surface area contributed by atoms with Crippen LogP contribution in [-0.4, -0.2) is 76.0 Å². The van der Waals surface area contributed by atoms with Gasteiger partial charge in [-0.05, 0) is 0 Å². The van der Waals surface area contributed by atoms with Gasteiger partial charge < -0.3 is 14.5 Å². The van der Waals surface area contributed by atoms with Gasteiger partial charge in [0, 0.05) is 33.1 Å². The molecule has 0 spiro atoms. The molecule has 0 unspecified atom stereocenters. The molecule has 1 aromatic rings. The number of morpholine rings is 1. The Kier molecular flexibility index (Phi) is 3.39. The third-order valence-electron chi connectivity index (χ3n) is 3.71. The highest BCUT2D eigenvalue weighted by molar-refractivity contribution is 5.92. The van der Waals surface area contributed by atoms with Crippen LogP contribution in [0.2, 0.25) is 0 Å². The second-order valence-electron chi connectivity index (χ2n) is 5.07. The van der Waals surface area contributed by atoms with Gasteiger partial charge in [0.05, 0.1) is 25.5 Å². The Balaban J connectivity index is 1.62. The van der Waals surface area contributed by atoms with E-state index in [1.54, 1.807) is 27.6 Å². The van der Waals surface area contributed by atoms with Crippen LogP contribution in [0.1, 0.15) is 23.5 Å². The molecule has 0 bridgehead atoms. The summed E-state index contributed by atoms with van der Waals surface area (Å²) in [5.74, 6) is -0.0479. The smallest absolute Gasteiger partial charge is 0.276 e. The van der Waals surface area contributed by atoms with E-state index in [4.69, 9.17) is 4.74 Å². The van der Waals surface area contributed by atoms with E-state index in [-0.39, 0.29) is 17.9 Å². The van der Waals surface area contributed by atoms with Gasteiger partial charge in [0.2, 0.25) is 5.91 Å². The van der Waals surface area contributed by atoms with Crippen LogP contribution < -0.4 is 0 Å². The Morgan fingerprint density at radius 1 is 1.25 bits per heavy atom. The fourth-order valence-electron chi connectivity index (χ4n) is 2.36. The standard InChI is InChI=1S/C12H17N5O3/c1-9(18)16-6-10(7-16)17-8-11(13-14-17)12(19)15-2-4-20-5-3-15/h8,10H,2-7H2,1H3. The zero-order chi connectivity index (χ0) is 14.1. The first-order valence-electron chi connectivity index (χ1n) is 6.69. The average molecular weight is 279 g/mol. The van der Waals surface area contributed by atoms with Crippen LogP contribution >= 0.6 is 0 Å². The van der Waals surface area contributed by atoms with Gasteiger partial charge in [0.1, 0.15) is 0 Å². The van der Waals surface area contributed by atoms with E-state index in [9.17, 15) is 9.59 Å². The summed E-state index contributed by atoms with van der Waals surface area (Å²) >= 11 is 0.